The molecule has 1 aliphatic heterocycles. The molecule has 5 heterocycles. The van der Waals surface area contributed by atoms with Crippen molar-refractivity contribution in [1.82, 2.24) is 44.6 Å². The summed E-state index contributed by atoms with van der Waals surface area (Å²) < 4.78 is 87.5. The van der Waals surface area contributed by atoms with E-state index in [9.17, 15) is 35.9 Å². The van der Waals surface area contributed by atoms with E-state index < -0.39 is 12.7 Å². The standard InChI is InChI=1S/C30H33F3N6O2.C25H22BrF3N4O2/c1-21(23-7-9-24(10-8-23)38-18-16-37(2)17-19-38)35-28(40)14-13-27-36-26-4-3-15-34-29(26)39(27)20-22-5-11-25(12-6-22)41-30(31,32)33;1-16(18-6-8-19(26)9-7-18)31-23(34)13-12-22-32-21-3-2-14-30-24(21)33(22)15-17-4-10-20(11-5-17)35-25(27,28)29/h3-12,15,21H,13-14,16-20H2,1-2H3,(H,35,40);2-11,14,16H,12-13,15H2,1H3,(H,31,34)/t21-;16-/m00/s1. The van der Waals surface area contributed by atoms with Crippen LogP contribution in [0.3, 0.4) is 0 Å². The number of nitrogens with zero attached hydrogens (tertiary/aromatic N) is 8. The average Bonchev–Trinajstić information content (AvgIpc) is 3.93. The van der Waals surface area contributed by atoms with E-state index in [1.54, 1.807) is 48.8 Å². The quantitative estimate of drug-likeness (QED) is 0.0846. The largest absolute Gasteiger partial charge is 0.573 e. The van der Waals surface area contributed by atoms with Crippen LogP contribution in [-0.2, 0) is 35.5 Å². The van der Waals surface area contributed by atoms with Crippen LogP contribution in [0.15, 0.2) is 138 Å². The van der Waals surface area contributed by atoms with Gasteiger partial charge in [0, 0.05) is 74.4 Å². The summed E-state index contributed by atoms with van der Waals surface area (Å²) in [6, 6.07) is 34.4. The average molecular weight is 1110 g/mol. The Balaban J connectivity index is 0.000000204. The maximum atomic E-state index is 12.9. The molecule has 0 saturated carbocycles. The predicted octanol–water partition coefficient (Wildman–Crippen LogP) is 10.9. The molecule has 0 bridgehead atoms. The third-order valence-electron chi connectivity index (χ3n) is 12.7. The maximum absolute atomic E-state index is 12.9. The smallest absolute Gasteiger partial charge is 0.406 e. The fourth-order valence-corrected chi connectivity index (χ4v) is 8.98. The molecule has 2 amide bonds. The number of fused-ring (bicyclic) bond motifs is 2. The summed E-state index contributed by atoms with van der Waals surface area (Å²) in [7, 11) is 2.14. The van der Waals surface area contributed by atoms with E-state index in [2.05, 4.69) is 97.1 Å². The molecule has 8 aromatic rings. The van der Waals surface area contributed by atoms with Crippen LogP contribution in [-0.4, -0.2) is 91.7 Å². The van der Waals surface area contributed by atoms with Gasteiger partial charge >= 0.3 is 12.7 Å². The van der Waals surface area contributed by atoms with Gasteiger partial charge in [-0.3, -0.25) is 9.59 Å². The first kappa shape index (κ1) is 54.7. The number of rotatable bonds is 17. The Morgan fingerprint density at radius 3 is 1.41 bits per heavy atom. The summed E-state index contributed by atoms with van der Waals surface area (Å²) in [4.78, 5) is 48.4. The number of amides is 2. The van der Waals surface area contributed by atoms with Crippen LogP contribution < -0.4 is 25.0 Å². The molecule has 0 spiro atoms. The Bertz CT molecular complexity index is 3200. The summed E-state index contributed by atoms with van der Waals surface area (Å²) >= 11 is 3.40. The van der Waals surface area contributed by atoms with E-state index in [1.807, 2.05) is 59.4 Å². The van der Waals surface area contributed by atoms with Gasteiger partial charge in [-0.1, -0.05) is 64.5 Å². The number of likely N-dealkylation sites (N-methyl/N-ethyl adjacent to an activating group) is 1. The van der Waals surface area contributed by atoms with Crippen molar-refractivity contribution in [1.29, 1.82) is 0 Å². The molecule has 1 aliphatic rings. The zero-order valence-corrected chi connectivity index (χ0v) is 43.4. The number of halogens is 7. The highest BCUT2D eigenvalue weighted by atomic mass is 79.9. The zero-order chi connectivity index (χ0) is 54.0. The lowest BCUT2D eigenvalue weighted by Crippen LogP contribution is -2.44. The first-order valence-electron chi connectivity index (χ1n) is 24.5. The first-order chi connectivity index (χ1) is 36.3. The molecular formula is C55H55BrF6N10O4. The molecule has 1 fully saturated rings. The number of hydrogen-bond acceptors (Lipinski definition) is 10. The summed E-state index contributed by atoms with van der Waals surface area (Å²) in [5.41, 5.74) is 7.38. The van der Waals surface area contributed by atoms with Crippen LogP contribution in [0.4, 0.5) is 32.0 Å². The highest BCUT2D eigenvalue weighted by Crippen LogP contribution is 2.27. The van der Waals surface area contributed by atoms with E-state index in [0.717, 1.165) is 52.9 Å². The van der Waals surface area contributed by atoms with Crippen LogP contribution in [0, 0.1) is 0 Å². The molecule has 2 atom stereocenters. The van der Waals surface area contributed by atoms with Crippen LogP contribution >= 0.6 is 15.9 Å². The van der Waals surface area contributed by atoms with Gasteiger partial charge in [0.05, 0.1) is 25.2 Å². The van der Waals surface area contributed by atoms with Gasteiger partial charge < -0.3 is 39.0 Å². The lowest BCUT2D eigenvalue weighted by Gasteiger charge is -2.34. The number of imidazole rings is 2. The van der Waals surface area contributed by atoms with E-state index in [0.29, 0.717) is 59.9 Å². The fourth-order valence-electron chi connectivity index (χ4n) is 8.72. The minimum atomic E-state index is -4.74. The third-order valence-corrected chi connectivity index (χ3v) is 13.2. The summed E-state index contributed by atoms with van der Waals surface area (Å²) in [5, 5.41) is 6.08. The lowest BCUT2D eigenvalue weighted by molar-refractivity contribution is -0.275. The van der Waals surface area contributed by atoms with Gasteiger partial charge in [-0.25, -0.2) is 19.9 Å². The number of aromatic nitrogens is 6. The van der Waals surface area contributed by atoms with Crippen molar-refractivity contribution in [3.8, 4) is 11.5 Å². The summed E-state index contributed by atoms with van der Waals surface area (Å²) in [5.74, 6) is 0.567. The number of aryl methyl sites for hydroxylation is 2. The Labute approximate surface area is 443 Å². The highest BCUT2D eigenvalue weighted by Gasteiger charge is 2.32. The number of carbonyl (C=O) groups is 2. The van der Waals surface area contributed by atoms with E-state index in [-0.39, 0.29) is 48.2 Å². The van der Waals surface area contributed by atoms with Crippen molar-refractivity contribution in [2.45, 2.75) is 77.4 Å². The van der Waals surface area contributed by atoms with Crippen LogP contribution in [0.25, 0.3) is 22.3 Å². The van der Waals surface area contributed by atoms with E-state index in [1.165, 1.54) is 30.0 Å². The molecule has 21 heteroatoms. The van der Waals surface area contributed by atoms with Crippen molar-refractivity contribution in [3.63, 3.8) is 0 Å². The van der Waals surface area contributed by atoms with Crippen molar-refractivity contribution >= 4 is 55.8 Å². The normalized spacial score (nSPS) is 13.9. The minimum absolute atomic E-state index is 0.0964. The van der Waals surface area contributed by atoms with Gasteiger partial charge in [-0.15, -0.1) is 26.3 Å². The number of benzene rings is 4. The molecule has 1 saturated heterocycles. The van der Waals surface area contributed by atoms with Crippen molar-refractivity contribution in [3.05, 3.63) is 172 Å². The number of ether oxygens (including phenoxy) is 2. The lowest BCUT2D eigenvalue weighted by atomic mass is 10.1. The van der Waals surface area contributed by atoms with Gasteiger partial charge in [0.1, 0.15) is 34.2 Å². The molecular weight excluding hydrogens is 1060 g/mol. The van der Waals surface area contributed by atoms with Gasteiger partial charge in [-0.05, 0) is 116 Å². The minimum Gasteiger partial charge on any atom is -0.406 e. The molecule has 0 unspecified atom stereocenters. The molecule has 14 nitrogen and oxygen atoms in total. The first-order valence-corrected chi connectivity index (χ1v) is 25.3. The second-order valence-electron chi connectivity index (χ2n) is 18.3. The van der Waals surface area contributed by atoms with Crippen molar-refractivity contribution in [2.75, 3.05) is 38.1 Å². The van der Waals surface area contributed by atoms with Gasteiger partial charge in [0.15, 0.2) is 11.3 Å². The molecule has 398 valence electrons. The van der Waals surface area contributed by atoms with Gasteiger partial charge in [0.25, 0.3) is 0 Å². The summed E-state index contributed by atoms with van der Waals surface area (Å²) in [6.45, 7) is 8.66. The van der Waals surface area contributed by atoms with E-state index >= 15 is 0 Å². The number of nitrogens with one attached hydrogen (secondary N) is 2. The molecule has 76 heavy (non-hydrogen) atoms. The maximum Gasteiger partial charge on any atom is 0.573 e. The van der Waals surface area contributed by atoms with E-state index in [4.69, 9.17) is 0 Å². The second-order valence-corrected chi connectivity index (χ2v) is 19.2. The molecule has 2 N–H and O–H groups in total. The number of hydrogen-bond donors (Lipinski definition) is 2. The van der Waals surface area contributed by atoms with Gasteiger partial charge in [0.2, 0.25) is 11.8 Å². The summed E-state index contributed by atoms with van der Waals surface area (Å²) in [6.07, 6.45) is -4.96. The Morgan fingerprint density at radius 2 is 1.00 bits per heavy atom. The number of piperazine rings is 1. The molecule has 0 radical (unpaired) electrons. The Morgan fingerprint density at radius 1 is 0.592 bits per heavy atom. The molecule has 9 rings (SSSR count). The van der Waals surface area contributed by atoms with Gasteiger partial charge in [-0.2, -0.15) is 0 Å². The van der Waals surface area contributed by atoms with Crippen LogP contribution in [0.5, 0.6) is 11.5 Å². The monoisotopic (exact) mass is 1110 g/mol. The van der Waals surface area contributed by atoms with Crippen LogP contribution in [0.1, 0.15) is 72.7 Å². The number of alkyl halides is 6. The second kappa shape index (κ2) is 24.4. The highest BCUT2D eigenvalue weighted by molar-refractivity contribution is 9.10. The number of pyridine rings is 2. The molecule has 4 aromatic carbocycles. The Hall–Kier alpha value is -7.52. The Kier molecular flexibility index (Phi) is 17.6. The third kappa shape index (κ3) is 15.3. The number of carbonyl (C=O) groups excluding carboxylic acids is 2. The number of anilines is 1. The fraction of sp³-hybridized carbons (Fsp3) is 0.309. The predicted molar refractivity (Wildman–Crippen MR) is 280 cm³/mol. The molecule has 4 aromatic heterocycles. The SMILES string of the molecule is C[C@H](NC(=O)CCc1nc2cccnc2n1Cc1ccc(OC(F)(F)F)cc1)c1ccc(Br)cc1.C[C@H](NC(=O)CCc1nc2cccnc2n1Cc1ccc(OC(F)(F)F)cc1)c1ccc(N2CCN(C)CC2)cc1. The topological polar surface area (TPSA) is 145 Å². The van der Waals surface area contributed by atoms with Crippen molar-refractivity contribution < 1.29 is 45.4 Å². The molecule has 0 aliphatic carbocycles. The zero-order valence-electron chi connectivity index (χ0n) is 41.8. The van der Waals surface area contributed by atoms with Crippen LogP contribution in [0.2, 0.25) is 0 Å². The van der Waals surface area contributed by atoms with Crippen molar-refractivity contribution in [2.24, 2.45) is 0 Å².